The van der Waals surface area contributed by atoms with Gasteiger partial charge in [0.15, 0.2) is 9.84 Å². The van der Waals surface area contributed by atoms with Gasteiger partial charge in [-0.15, -0.1) is 11.6 Å². The second kappa shape index (κ2) is 3.39. The van der Waals surface area contributed by atoms with E-state index in [2.05, 4.69) is 0 Å². The molecular formula is C4H9ClNO2S. The number of halogens is 1. The maximum absolute atomic E-state index is 10.7. The van der Waals surface area contributed by atoms with E-state index >= 15 is 0 Å². The molecule has 0 saturated heterocycles. The van der Waals surface area contributed by atoms with Crippen LogP contribution >= 0.6 is 11.6 Å². The van der Waals surface area contributed by atoms with Crippen LogP contribution in [0.4, 0.5) is 0 Å². The van der Waals surface area contributed by atoms with Crippen molar-refractivity contribution in [1.82, 2.24) is 5.73 Å². The maximum atomic E-state index is 10.7. The fourth-order valence-corrected chi connectivity index (χ4v) is 1.18. The average Bonchev–Trinajstić information content (AvgIpc) is 1.65. The van der Waals surface area contributed by atoms with E-state index in [1.165, 1.54) is 6.92 Å². The van der Waals surface area contributed by atoms with Gasteiger partial charge in [0.05, 0.1) is 5.75 Å². The van der Waals surface area contributed by atoms with Gasteiger partial charge < -0.3 is 0 Å². The fourth-order valence-electron chi connectivity index (χ4n) is 0.305. The molecule has 0 aromatic rings. The smallest absolute Gasteiger partial charge is 0.168 e. The molecule has 1 radical (unpaired) electrons. The Hall–Kier alpha value is 0.200. The molecular weight excluding hydrogens is 162 g/mol. The van der Waals surface area contributed by atoms with Crippen molar-refractivity contribution < 1.29 is 8.42 Å². The summed E-state index contributed by atoms with van der Waals surface area (Å²) in [4.78, 5) is 0. The van der Waals surface area contributed by atoms with Crippen LogP contribution in [-0.2, 0) is 9.84 Å². The third-order valence-electron chi connectivity index (χ3n) is 0.881. The molecule has 0 aliphatic carbocycles. The summed E-state index contributed by atoms with van der Waals surface area (Å²) in [5, 5.41) is 0. The van der Waals surface area contributed by atoms with Crippen LogP contribution in [0.3, 0.4) is 0 Å². The molecule has 3 nitrogen and oxygen atoms in total. The molecule has 0 heterocycles. The fraction of sp³-hybridized carbons (Fsp3) is 1.00. The second-order valence-corrected chi connectivity index (χ2v) is 5.01. The SMILES string of the molecule is CC(Cl)S(=O)(=O)CC[NH]. The first kappa shape index (κ1) is 9.20. The van der Waals surface area contributed by atoms with Gasteiger partial charge in [0.1, 0.15) is 4.71 Å². The van der Waals surface area contributed by atoms with E-state index in [0.29, 0.717) is 0 Å². The second-order valence-electron chi connectivity index (χ2n) is 1.66. The first-order valence-electron chi connectivity index (χ1n) is 2.51. The third kappa shape index (κ3) is 3.03. The van der Waals surface area contributed by atoms with Gasteiger partial charge >= 0.3 is 0 Å². The largest absolute Gasteiger partial charge is 0.257 e. The van der Waals surface area contributed by atoms with Crippen molar-refractivity contribution in [3.05, 3.63) is 0 Å². The molecule has 0 fully saturated rings. The monoisotopic (exact) mass is 170 g/mol. The molecule has 5 heteroatoms. The zero-order valence-corrected chi connectivity index (χ0v) is 6.67. The van der Waals surface area contributed by atoms with Gasteiger partial charge in [0.2, 0.25) is 0 Å². The van der Waals surface area contributed by atoms with Crippen molar-refractivity contribution in [3.8, 4) is 0 Å². The summed E-state index contributed by atoms with van der Waals surface area (Å²) in [5.74, 6) is -0.141. The summed E-state index contributed by atoms with van der Waals surface area (Å²) in [7, 11) is -3.17. The topological polar surface area (TPSA) is 57.9 Å². The van der Waals surface area contributed by atoms with Crippen molar-refractivity contribution in [2.45, 2.75) is 11.6 Å². The third-order valence-corrected chi connectivity index (χ3v) is 3.46. The molecule has 0 rings (SSSR count). The zero-order valence-electron chi connectivity index (χ0n) is 5.09. The van der Waals surface area contributed by atoms with Crippen LogP contribution < -0.4 is 5.73 Å². The van der Waals surface area contributed by atoms with Crippen LogP contribution in [0, 0.1) is 0 Å². The number of sulfone groups is 1. The van der Waals surface area contributed by atoms with E-state index in [1.54, 1.807) is 0 Å². The Morgan fingerprint density at radius 2 is 2.11 bits per heavy atom. The molecule has 0 aliphatic rings. The van der Waals surface area contributed by atoms with Crippen molar-refractivity contribution in [1.29, 1.82) is 0 Å². The van der Waals surface area contributed by atoms with Crippen LogP contribution in [0.25, 0.3) is 0 Å². The highest BCUT2D eigenvalue weighted by molar-refractivity contribution is 7.93. The maximum Gasteiger partial charge on any atom is 0.168 e. The van der Waals surface area contributed by atoms with E-state index in [9.17, 15) is 8.42 Å². The van der Waals surface area contributed by atoms with Gasteiger partial charge in [-0.25, -0.2) is 8.42 Å². The predicted molar refractivity (Wildman–Crippen MR) is 37.1 cm³/mol. The van der Waals surface area contributed by atoms with Gasteiger partial charge in [-0.3, -0.25) is 5.73 Å². The Kier molecular flexibility index (Phi) is 3.46. The minimum atomic E-state index is -3.17. The Morgan fingerprint density at radius 1 is 1.67 bits per heavy atom. The molecule has 0 aromatic heterocycles. The lowest BCUT2D eigenvalue weighted by Gasteiger charge is -2.01. The van der Waals surface area contributed by atoms with Crippen molar-refractivity contribution in [2.24, 2.45) is 0 Å². The molecule has 0 aliphatic heterocycles. The summed E-state index contributed by atoms with van der Waals surface area (Å²) in [6.07, 6.45) is 0. The summed E-state index contributed by atoms with van der Waals surface area (Å²) in [5.41, 5.74) is 6.61. The number of hydrogen-bond acceptors (Lipinski definition) is 2. The lowest BCUT2D eigenvalue weighted by atomic mass is 10.8. The molecule has 1 N–H and O–H groups in total. The minimum absolute atomic E-state index is 0.112. The first-order chi connectivity index (χ1) is 4.00. The molecule has 0 aromatic carbocycles. The predicted octanol–water partition coefficient (Wildman–Crippen LogP) is 0.269. The molecule has 1 unspecified atom stereocenters. The minimum Gasteiger partial charge on any atom is -0.257 e. The van der Waals surface area contributed by atoms with Crippen molar-refractivity contribution in [2.75, 3.05) is 12.3 Å². The van der Waals surface area contributed by atoms with E-state index in [4.69, 9.17) is 17.3 Å². The zero-order chi connectivity index (χ0) is 7.49. The van der Waals surface area contributed by atoms with Crippen LogP contribution in [0.5, 0.6) is 0 Å². The molecule has 55 valence electrons. The van der Waals surface area contributed by atoms with Crippen LogP contribution in [0.15, 0.2) is 0 Å². The molecule has 0 bridgehead atoms. The highest BCUT2D eigenvalue weighted by Gasteiger charge is 2.15. The highest BCUT2D eigenvalue weighted by Crippen LogP contribution is 2.04. The summed E-state index contributed by atoms with van der Waals surface area (Å²) in [6, 6.07) is 0. The van der Waals surface area contributed by atoms with Crippen molar-refractivity contribution in [3.63, 3.8) is 0 Å². The molecule has 9 heavy (non-hydrogen) atoms. The molecule has 0 spiro atoms. The Morgan fingerprint density at radius 3 is 2.22 bits per heavy atom. The van der Waals surface area contributed by atoms with Gasteiger partial charge in [-0.05, 0) is 6.92 Å². The standard InChI is InChI=1S/C4H9ClNO2S/c1-4(5)9(7,8)3-2-6/h4,6H,2-3H2,1H3. The molecule has 0 saturated carbocycles. The molecule has 1 atom stereocenters. The first-order valence-corrected chi connectivity index (χ1v) is 4.66. The van der Waals surface area contributed by atoms with Crippen molar-refractivity contribution >= 4 is 21.4 Å². The van der Waals surface area contributed by atoms with E-state index in [1.807, 2.05) is 0 Å². The highest BCUT2D eigenvalue weighted by atomic mass is 35.5. The Balaban J connectivity index is 4.05. The number of rotatable bonds is 3. The quantitative estimate of drug-likeness (QED) is 0.571. The lowest BCUT2D eigenvalue weighted by molar-refractivity contribution is 0.594. The molecule has 0 amide bonds. The van der Waals surface area contributed by atoms with E-state index < -0.39 is 14.5 Å². The van der Waals surface area contributed by atoms with Gasteiger partial charge in [-0.2, -0.15) is 0 Å². The van der Waals surface area contributed by atoms with E-state index in [0.717, 1.165) is 0 Å². The van der Waals surface area contributed by atoms with Crippen LogP contribution in [-0.4, -0.2) is 25.4 Å². The number of alkyl halides is 1. The number of hydrogen-bond donors (Lipinski definition) is 0. The Labute approximate surface area is 60.1 Å². The Bertz CT molecular complexity index is 163. The lowest BCUT2D eigenvalue weighted by Crippen LogP contribution is -2.18. The van der Waals surface area contributed by atoms with E-state index in [-0.39, 0.29) is 12.3 Å². The van der Waals surface area contributed by atoms with Gasteiger partial charge in [0, 0.05) is 6.54 Å². The summed E-state index contributed by atoms with van der Waals surface area (Å²) in [6.45, 7) is 1.28. The summed E-state index contributed by atoms with van der Waals surface area (Å²) < 4.78 is 20.5. The average molecular weight is 171 g/mol. The van der Waals surface area contributed by atoms with Crippen LogP contribution in [0.2, 0.25) is 0 Å². The number of nitrogens with one attached hydrogen (secondary N) is 1. The van der Waals surface area contributed by atoms with Crippen LogP contribution in [0.1, 0.15) is 6.92 Å². The van der Waals surface area contributed by atoms with Gasteiger partial charge in [-0.1, -0.05) is 0 Å². The summed E-state index contributed by atoms with van der Waals surface area (Å²) >= 11 is 5.28. The van der Waals surface area contributed by atoms with Gasteiger partial charge in [0.25, 0.3) is 0 Å². The normalized spacial score (nSPS) is 15.4.